The lowest BCUT2D eigenvalue weighted by Crippen LogP contribution is -2.27. The first kappa shape index (κ1) is 23.6. The molecule has 2 aromatic rings. The standard InChI is InChI=1S/C28H32F3NO/c1-18-4-13-27(25(15-18)26-16-19(2)14-20(3)32-26)33-17-21-5-7-22(8-6-21)23-9-11-24(12-10-23)28(29,30)31/h5-8,14-16,23-24H,4,9-13,17H2,1-3H3. The highest BCUT2D eigenvalue weighted by molar-refractivity contribution is 5.75. The Morgan fingerprint density at radius 1 is 0.939 bits per heavy atom. The van der Waals surface area contributed by atoms with Gasteiger partial charge >= 0.3 is 6.18 Å². The van der Waals surface area contributed by atoms with Crippen molar-refractivity contribution >= 4 is 5.57 Å². The van der Waals surface area contributed by atoms with Crippen molar-refractivity contribution in [1.82, 2.24) is 4.98 Å². The van der Waals surface area contributed by atoms with Crippen molar-refractivity contribution in [3.8, 4) is 0 Å². The zero-order valence-corrected chi connectivity index (χ0v) is 19.6. The van der Waals surface area contributed by atoms with E-state index in [4.69, 9.17) is 9.72 Å². The van der Waals surface area contributed by atoms with E-state index in [2.05, 4.69) is 44.2 Å². The molecule has 1 saturated carbocycles. The van der Waals surface area contributed by atoms with Crippen LogP contribution in [-0.2, 0) is 11.3 Å². The average molecular weight is 456 g/mol. The fourth-order valence-electron chi connectivity index (χ4n) is 5.00. The minimum absolute atomic E-state index is 0.218. The summed E-state index contributed by atoms with van der Waals surface area (Å²) < 4.78 is 45.1. The van der Waals surface area contributed by atoms with E-state index in [-0.39, 0.29) is 18.8 Å². The number of alkyl halides is 3. The molecule has 0 N–H and O–H groups in total. The lowest BCUT2D eigenvalue weighted by atomic mass is 9.78. The molecule has 2 nitrogen and oxygen atoms in total. The Morgan fingerprint density at radius 3 is 2.27 bits per heavy atom. The Hall–Kier alpha value is -2.56. The van der Waals surface area contributed by atoms with Gasteiger partial charge in [0.15, 0.2) is 0 Å². The summed E-state index contributed by atoms with van der Waals surface area (Å²) >= 11 is 0. The molecule has 2 aliphatic carbocycles. The second-order valence-corrected chi connectivity index (χ2v) is 9.62. The predicted octanol–water partition coefficient (Wildman–Crippen LogP) is 8.20. The highest BCUT2D eigenvalue weighted by Crippen LogP contribution is 2.43. The minimum atomic E-state index is -4.06. The van der Waals surface area contributed by atoms with Crippen molar-refractivity contribution in [3.05, 3.63) is 81.9 Å². The molecular weight excluding hydrogens is 423 g/mol. The van der Waals surface area contributed by atoms with Crippen molar-refractivity contribution < 1.29 is 17.9 Å². The van der Waals surface area contributed by atoms with E-state index in [1.54, 1.807) is 0 Å². The van der Waals surface area contributed by atoms with Crippen LogP contribution in [0.25, 0.3) is 5.57 Å². The zero-order valence-electron chi connectivity index (χ0n) is 19.6. The summed E-state index contributed by atoms with van der Waals surface area (Å²) in [6, 6.07) is 12.4. The number of aryl methyl sites for hydroxylation is 2. The lowest BCUT2D eigenvalue weighted by Gasteiger charge is -2.30. The third kappa shape index (κ3) is 5.87. The molecule has 33 heavy (non-hydrogen) atoms. The monoisotopic (exact) mass is 455 g/mol. The number of rotatable bonds is 5. The summed E-state index contributed by atoms with van der Waals surface area (Å²) in [6.45, 7) is 6.70. The molecule has 1 fully saturated rings. The molecular formula is C28H32F3NO. The Morgan fingerprint density at radius 2 is 1.64 bits per heavy atom. The van der Waals surface area contributed by atoms with E-state index >= 15 is 0 Å². The topological polar surface area (TPSA) is 22.1 Å². The van der Waals surface area contributed by atoms with Crippen molar-refractivity contribution in [2.24, 2.45) is 5.92 Å². The highest BCUT2D eigenvalue weighted by Gasteiger charge is 2.41. The number of hydrogen-bond acceptors (Lipinski definition) is 2. The van der Waals surface area contributed by atoms with E-state index in [1.165, 1.54) is 11.1 Å². The molecule has 176 valence electrons. The minimum Gasteiger partial charge on any atom is -0.493 e. The first-order chi connectivity index (χ1) is 15.7. The van der Waals surface area contributed by atoms with Gasteiger partial charge in [-0.05, 0) is 87.6 Å². The SMILES string of the molecule is CC1=CC(c2cc(C)cc(C)n2)=C(OCc2ccc(C3CCC(C(F)(F)F)CC3)cc2)CC1. The van der Waals surface area contributed by atoms with Crippen LogP contribution in [0.2, 0.25) is 0 Å². The molecule has 0 spiro atoms. The van der Waals surface area contributed by atoms with Gasteiger partial charge in [0.05, 0.1) is 11.6 Å². The zero-order chi connectivity index (χ0) is 23.6. The number of halogens is 3. The van der Waals surface area contributed by atoms with E-state index in [1.807, 2.05) is 19.1 Å². The van der Waals surface area contributed by atoms with Crippen LogP contribution in [0.3, 0.4) is 0 Å². The highest BCUT2D eigenvalue weighted by atomic mass is 19.4. The van der Waals surface area contributed by atoms with Gasteiger partial charge in [0.1, 0.15) is 12.4 Å². The van der Waals surface area contributed by atoms with Crippen LogP contribution < -0.4 is 0 Å². The van der Waals surface area contributed by atoms with Gasteiger partial charge in [0, 0.05) is 17.7 Å². The van der Waals surface area contributed by atoms with Crippen LogP contribution in [0.4, 0.5) is 13.2 Å². The van der Waals surface area contributed by atoms with Gasteiger partial charge in [-0.1, -0.05) is 35.9 Å². The first-order valence-electron chi connectivity index (χ1n) is 11.8. The van der Waals surface area contributed by atoms with Gasteiger partial charge in [-0.3, -0.25) is 4.98 Å². The molecule has 1 heterocycles. The molecule has 2 aliphatic rings. The number of nitrogens with zero attached hydrogens (tertiary/aromatic N) is 1. The maximum atomic E-state index is 12.9. The van der Waals surface area contributed by atoms with Gasteiger partial charge in [0.25, 0.3) is 0 Å². The largest absolute Gasteiger partial charge is 0.493 e. The lowest BCUT2D eigenvalue weighted by molar-refractivity contribution is -0.182. The summed E-state index contributed by atoms with van der Waals surface area (Å²) in [5, 5.41) is 0. The molecule has 1 aromatic heterocycles. The Kier molecular flexibility index (Phi) is 6.96. The van der Waals surface area contributed by atoms with E-state index in [9.17, 15) is 13.2 Å². The van der Waals surface area contributed by atoms with Gasteiger partial charge in [-0.25, -0.2) is 0 Å². The maximum absolute atomic E-state index is 12.9. The molecule has 0 aliphatic heterocycles. The Labute approximate surface area is 194 Å². The number of benzene rings is 1. The third-order valence-electron chi connectivity index (χ3n) is 6.87. The van der Waals surface area contributed by atoms with Gasteiger partial charge in [-0.15, -0.1) is 0 Å². The van der Waals surface area contributed by atoms with E-state index in [0.29, 0.717) is 19.4 Å². The molecule has 1 aromatic carbocycles. The third-order valence-corrected chi connectivity index (χ3v) is 6.87. The van der Waals surface area contributed by atoms with Gasteiger partial charge in [-0.2, -0.15) is 13.2 Å². The molecule has 0 unspecified atom stereocenters. The maximum Gasteiger partial charge on any atom is 0.391 e. The summed E-state index contributed by atoms with van der Waals surface area (Å²) in [5.41, 5.74) is 7.70. The predicted molar refractivity (Wildman–Crippen MR) is 126 cm³/mol. The Bertz CT molecular complexity index is 1020. The average Bonchev–Trinajstić information content (AvgIpc) is 2.77. The number of hydrogen-bond donors (Lipinski definition) is 0. The molecule has 0 bridgehead atoms. The van der Waals surface area contributed by atoms with Crippen LogP contribution in [0.15, 0.2) is 53.8 Å². The van der Waals surface area contributed by atoms with Gasteiger partial charge in [0.2, 0.25) is 0 Å². The number of aromatic nitrogens is 1. The molecule has 5 heteroatoms. The van der Waals surface area contributed by atoms with Crippen molar-refractivity contribution in [1.29, 1.82) is 0 Å². The second-order valence-electron chi connectivity index (χ2n) is 9.62. The molecule has 0 atom stereocenters. The molecule has 0 amide bonds. The first-order valence-corrected chi connectivity index (χ1v) is 11.8. The van der Waals surface area contributed by atoms with Gasteiger partial charge < -0.3 is 4.74 Å². The molecule has 0 radical (unpaired) electrons. The van der Waals surface area contributed by atoms with E-state index in [0.717, 1.165) is 46.7 Å². The summed E-state index contributed by atoms with van der Waals surface area (Å²) in [6.07, 6.45) is 1.62. The van der Waals surface area contributed by atoms with Crippen LogP contribution in [0.5, 0.6) is 0 Å². The summed E-state index contributed by atoms with van der Waals surface area (Å²) in [5.74, 6) is 0.0476. The Balaban J connectivity index is 1.43. The number of allylic oxidation sites excluding steroid dienone is 4. The normalized spacial score (nSPS) is 21.7. The quantitative estimate of drug-likeness (QED) is 0.453. The smallest absolute Gasteiger partial charge is 0.391 e. The van der Waals surface area contributed by atoms with Crippen LogP contribution in [0.1, 0.15) is 79.4 Å². The van der Waals surface area contributed by atoms with Crippen molar-refractivity contribution in [2.45, 2.75) is 78.0 Å². The van der Waals surface area contributed by atoms with Crippen LogP contribution >= 0.6 is 0 Å². The number of pyridine rings is 1. The van der Waals surface area contributed by atoms with Crippen molar-refractivity contribution in [2.75, 3.05) is 0 Å². The number of ether oxygens (including phenoxy) is 1. The summed E-state index contributed by atoms with van der Waals surface area (Å²) in [4.78, 5) is 4.73. The molecule has 4 rings (SSSR count). The van der Waals surface area contributed by atoms with E-state index < -0.39 is 12.1 Å². The van der Waals surface area contributed by atoms with Crippen LogP contribution in [0, 0.1) is 19.8 Å². The van der Waals surface area contributed by atoms with Crippen LogP contribution in [-0.4, -0.2) is 11.2 Å². The fourth-order valence-corrected chi connectivity index (χ4v) is 5.00. The fraction of sp³-hybridized carbons (Fsp3) is 0.464. The summed E-state index contributed by atoms with van der Waals surface area (Å²) in [7, 11) is 0. The molecule has 0 saturated heterocycles. The van der Waals surface area contributed by atoms with Crippen molar-refractivity contribution in [3.63, 3.8) is 0 Å². The second kappa shape index (κ2) is 9.74.